The van der Waals surface area contributed by atoms with E-state index in [9.17, 15) is 4.79 Å². The maximum atomic E-state index is 13.0. The number of benzene rings is 3. The van der Waals surface area contributed by atoms with Crippen LogP contribution in [0.5, 0.6) is 11.5 Å². The fourth-order valence-corrected chi connectivity index (χ4v) is 3.30. The molecule has 1 amide bonds. The number of carbonyl (C=O) groups excluding carboxylic acids is 1. The lowest BCUT2D eigenvalue weighted by molar-refractivity contribution is 0.0941. The van der Waals surface area contributed by atoms with Gasteiger partial charge >= 0.3 is 0 Å². The van der Waals surface area contributed by atoms with Crippen molar-refractivity contribution in [2.24, 2.45) is 0 Å². The number of carbonyl (C=O) groups is 1. The van der Waals surface area contributed by atoms with Crippen molar-refractivity contribution in [3.05, 3.63) is 95.1 Å². The van der Waals surface area contributed by atoms with Gasteiger partial charge in [0.2, 0.25) is 0 Å². The molecule has 27 heavy (non-hydrogen) atoms. The lowest BCUT2D eigenvalue weighted by Crippen LogP contribution is -2.30. The second kappa shape index (κ2) is 7.54. The first kappa shape index (κ1) is 17.2. The minimum absolute atomic E-state index is 0.149. The molecule has 0 saturated carbocycles. The number of fused-ring (bicyclic) bond motifs is 1. The van der Waals surface area contributed by atoms with Crippen LogP contribution in [0.15, 0.2) is 72.8 Å². The van der Waals surface area contributed by atoms with Gasteiger partial charge in [0.05, 0.1) is 6.04 Å². The minimum Gasteiger partial charge on any atom is -0.486 e. The normalized spacial score (nSPS) is 13.7. The Morgan fingerprint density at radius 1 is 0.889 bits per heavy atom. The van der Waals surface area contributed by atoms with Crippen LogP contribution in [0.4, 0.5) is 0 Å². The molecule has 1 N–H and O–H groups in total. The molecule has 3 aromatic carbocycles. The molecule has 0 bridgehead atoms. The maximum absolute atomic E-state index is 13.0. The van der Waals surface area contributed by atoms with Gasteiger partial charge in [0, 0.05) is 5.56 Å². The van der Waals surface area contributed by atoms with Crippen LogP contribution in [0.2, 0.25) is 0 Å². The van der Waals surface area contributed by atoms with Crippen molar-refractivity contribution in [2.75, 3.05) is 13.2 Å². The van der Waals surface area contributed by atoms with E-state index in [0.29, 0.717) is 30.3 Å². The molecule has 136 valence electrons. The van der Waals surface area contributed by atoms with Gasteiger partial charge in [-0.25, -0.2) is 0 Å². The Bertz CT molecular complexity index is 953. The van der Waals surface area contributed by atoms with Gasteiger partial charge in [0.25, 0.3) is 5.91 Å². The average molecular weight is 359 g/mol. The van der Waals surface area contributed by atoms with Crippen molar-refractivity contribution in [2.45, 2.75) is 13.0 Å². The number of hydrogen-bond acceptors (Lipinski definition) is 3. The molecular formula is C23H21NO3. The van der Waals surface area contributed by atoms with Crippen LogP contribution >= 0.6 is 0 Å². The topological polar surface area (TPSA) is 47.6 Å². The number of ether oxygens (including phenoxy) is 2. The van der Waals surface area contributed by atoms with E-state index < -0.39 is 0 Å². The first-order chi connectivity index (χ1) is 13.2. The highest BCUT2D eigenvalue weighted by Gasteiger charge is 2.21. The Labute approximate surface area is 158 Å². The van der Waals surface area contributed by atoms with E-state index in [1.54, 1.807) is 18.2 Å². The van der Waals surface area contributed by atoms with E-state index in [0.717, 1.165) is 16.7 Å². The number of amides is 1. The molecule has 0 saturated heterocycles. The van der Waals surface area contributed by atoms with Crippen LogP contribution in [0.3, 0.4) is 0 Å². The summed E-state index contributed by atoms with van der Waals surface area (Å²) in [5.74, 6) is 1.14. The van der Waals surface area contributed by atoms with Gasteiger partial charge in [0.15, 0.2) is 11.5 Å². The van der Waals surface area contributed by atoms with Crippen molar-refractivity contribution in [3.8, 4) is 11.5 Å². The van der Waals surface area contributed by atoms with Gasteiger partial charge in [-0.1, -0.05) is 54.6 Å². The lowest BCUT2D eigenvalue weighted by atomic mass is 9.94. The van der Waals surface area contributed by atoms with Gasteiger partial charge in [-0.05, 0) is 41.8 Å². The van der Waals surface area contributed by atoms with Crippen LogP contribution in [-0.2, 0) is 0 Å². The van der Waals surface area contributed by atoms with Crippen LogP contribution < -0.4 is 14.8 Å². The predicted molar refractivity (Wildman–Crippen MR) is 104 cm³/mol. The Morgan fingerprint density at radius 3 is 2.37 bits per heavy atom. The van der Waals surface area contributed by atoms with Gasteiger partial charge < -0.3 is 14.8 Å². The van der Waals surface area contributed by atoms with E-state index in [1.807, 2.05) is 42.5 Å². The molecule has 4 nitrogen and oxygen atoms in total. The minimum atomic E-state index is -0.229. The van der Waals surface area contributed by atoms with Crippen LogP contribution in [0.25, 0.3) is 0 Å². The molecule has 0 spiro atoms. The van der Waals surface area contributed by atoms with Crippen LogP contribution in [0.1, 0.15) is 33.1 Å². The van der Waals surface area contributed by atoms with Gasteiger partial charge in [0.1, 0.15) is 13.2 Å². The first-order valence-electron chi connectivity index (χ1n) is 9.03. The summed E-state index contributed by atoms with van der Waals surface area (Å²) < 4.78 is 11.1. The number of nitrogens with one attached hydrogen (secondary N) is 1. The Morgan fingerprint density at radius 2 is 1.59 bits per heavy atom. The van der Waals surface area contributed by atoms with Crippen molar-refractivity contribution in [1.82, 2.24) is 5.32 Å². The summed E-state index contributed by atoms with van der Waals surface area (Å²) in [5.41, 5.74) is 3.80. The van der Waals surface area contributed by atoms with Crippen LogP contribution in [0, 0.1) is 6.92 Å². The molecule has 0 aromatic heterocycles. The molecule has 4 rings (SSSR count). The summed E-state index contributed by atoms with van der Waals surface area (Å²) in [4.78, 5) is 13.0. The Hall–Kier alpha value is -3.27. The summed E-state index contributed by atoms with van der Waals surface area (Å²) in [7, 11) is 0. The van der Waals surface area contributed by atoms with Crippen molar-refractivity contribution in [3.63, 3.8) is 0 Å². The van der Waals surface area contributed by atoms with Gasteiger partial charge in [-0.2, -0.15) is 0 Å². The smallest absolute Gasteiger partial charge is 0.252 e. The third-order valence-electron chi connectivity index (χ3n) is 4.71. The molecular weight excluding hydrogens is 338 g/mol. The Balaban J connectivity index is 1.66. The van der Waals surface area contributed by atoms with Crippen molar-refractivity contribution in [1.29, 1.82) is 0 Å². The SMILES string of the molecule is Cc1ccccc1C(NC(=O)c1ccc2c(c1)OCCO2)c1ccccc1. The highest BCUT2D eigenvalue weighted by molar-refractivity contribution is 5.95. The van der Waals surface area contributed by atoms with Crippen molar-refractivity contribution < 1.29 is 14.3 Å². The highest BCUT2D eigenvalue weighted by atomic mass is 16.6. The standard InChI is InChI=1S/C23H21NO3/c1-16-7-5-6-10-19(16)22(17-8-3-2-4-9-17)24-23(25)18-11-12-20-21(15-18)27-14-13-26-20/h2-12,15,22H,13-14H2,1H3,(H,24,25). The summed E-state index contributed by atoms with van der Waals surface area (Å²) in [6, 6.07) is 23.2. The van der Waals surface area contributed by atoms with Crippen LogP contribution in [-0.4, -0.2) is 19.1 Å². The molecule has 0 fully saturated rings. The van der Waals surface area contributed by atoms with Crippen molar-refractivity contribution >= 4 is 5.91 Å². The zero-order valence-corrected chi connectivity index (χ0v) is 15.1. The monoisotopic (exact) mass is 359 g/mol. The summed E-state index contributed by atoms with van der Waals surface area (Å²) in [5, 5.41) is 3.18. The largest absolute Gasteiger partial charge is 0.486 e. The summed E-state index contributed by atoms with van der Waals surface area (Å²) in [6.07, 6.45) is 0. The zero-order valence-electron chi connectivity index (χ0n) is 15.1. The van der Waals surface area contributed by atoms with E-state index in [1.165, 1.54) is 0 Å². The lowest BCUT2D eigenvalue weighted by Gasteiger charge is -2.23. The van der Waals surface area contributed by atoms with E-state index in [4.69, 9.17) is 9.47 Å². The zero-order chi connectivity index (χ0) is 18.6. The quantitative estimate of drug-likeness (QED) is 0.756. The van der Waals surface area contributed by atoms with Gasteiger partial charge in [-0.3, -0.25) is 4.79 Å². The first-order valence-corrected chi connectivity index (χ1v) is 9.03. The van der Waals surface area contributed by atoms with E-state index in [-0.39, 0.29) is 11.9 Å². The summed E-state index contributed by atoms with van der Waals surface area (Å²) in [6.45, 7) is 3.08. The fraction of sp³-hybridized carbons (Fsp3) is 0.174. The summed E-state index contributed by atoms with van der Waals surface area (Å²) >= 11 is 0. The molecule has 0 aliphatic carbocycles. The molecule has 3 aromatic rings. The molecule has 1 aliphatic heterocycles. The predicted octanol–water partition coefficient (Wildman–Crippen LogP) is 4.29. The molecule has 1 atom stereocenters. The van der Waals surface area contributed by atoms with E-state index >= 15 is 0 Å². The highest BCUT2D eigenvalue weighted by Crippen LogP contribution is 2.31. The Kier molecular flexibility index (Phi) is 4.79. The molecule has 1 heterocycles. The third kappa shape index (κ3) is 3.65. The maximum Gasteiger partial charge on any atom is 0.252 e. The molecule has 1 aliphatic rings. The second-order valence-electron chi connectivity index (χ2n) is 6.53. The second-order valence-corrected chi connectivity index (χ2v) is 6.53. The number of aryl methyl sites for hydroxylation is 1. The molecule has 1 unspecified atom stereocenters. The number of hydrogen-bond donors (Lipinski definition) is 1. The fourth-order valence-electron chi connectivity index (χ4n) is 3.30. The van der Waals surface area contributed by atoms with Gasteiger partial charge in [-0.15, -0.1) is 0 Å². The number of rotatable bonds is 4. The molecule has 4 heteroatoms. The molecule has 0 radical (unpaired) electrons. The average Bonchev–Trinajstić information content (AvgIpc) is 2.73. The van der Waals surface area contributed by atoms with E-state index in [2.05, 4.69) is 24.4 Å². The third-order valence-corrected chi connectivity index (χ3v) is 4.71.